The Kier molecular flexibility index (Phi) is 3.85. The molecule has 0 radical (unpaired) electrons. The summed E-state index contributed by atoms with van der Waals surface area (Å²) in [7, 11) is 0. The van der Waals surface area contributed by atoms with Gasteiger partial charge in [0.05, 0.1) is 12.2 Å². The molecule has 0 bridgehead atoms. The van der Waals surface area contributed by atoms with Gasteiger partial charge in [0.2, 0.25) is 0 Å². The van der Waals surface area contributed by atoms with Crippen molar-refractivity contribution in [2.24, 2.45) is 5.92 Å². The summed E-state index contributed by atoms with van der Waals surface area (Å²) in [6.07, 6.45) is 1.77. The maximum absolute atomic E-state index is 10.5. The number of aliphatic hydroxyl groups excluding tert-OH is 1. The summed E-state index contributed by atoms with van der Waals surface area (Å²) in [6.45, 7) is 7.06. The average molecular weight is 234 g/mol. The molecule has 2 rings (SSSR count). The lowest BCUT2D eigenvalue weighted by Crippen LogP contribution is -2.22. The maximum atomic E-state index is 10.5. The third-order valence-electron chi connectivity index (χ3n) is 3.65. The predicted octanol–water partition coefficient (Wildman–Crippen LogP) is 3.15. The number of aryl methyl sites for hydroxylation is 2. The molecule has 2 nitrogen and oxygen atoms in total. The summed E-state index contributed by atoms with van der Waals surface area (Å²) >= 11 is 0. The lowest BCUT2D eigenvalue weighted by molar-refractivity contribution is 0.0307. The van der Waals surface area contributed by atoms with Gasteiger partial charge in [0, 0.05) is 12.5 Å². The van der Waals surface area contributed by atoms with E-state index in [1.165, 1.54) is 11.1 Å². The van der Waals surface area contributed by atoms with Crippen LogP contribution < -0.4 is 0 Å². The number of hydrogen-bond acceptors (Lipinski definition) is 2. The monoisotopic (exact) mass is 234 g/mol. The first-order valence-electron chi connectivity index (χ1n) is 6.49. The second kappa shape index (κ2) is 5.19. The van der Waals surface area contributed by atoms with E-state index in [1.54, 1.807) is 0 Å². The Morgan fingerprint density at radius 3 is 2.53 bits per heavy atom. The van der Waals surface area contributed by atoms with Crippen molar-refractivity contribution in [3.8, 4) is 0 Å². The van der Waals surface area contributed by atoms with Crippen molar-refractivity contribution in [1.29, 1.82) is 0 Å². The Balaban J connectivity index is 2.21. The molecule has 1 fully saturated rings. The van der Waals surface area contributed by atoms with Gasteiger partial charge in [-0.1, -0.05) is 36.2 Å². The summed E-state index contributed by atoms with van der Waals surface area (Å²) in [5, 5.41) is 10.5. The van der Waals surface area contributed by atoms with E-state index in [9.17, 15) is 5.11 Å². The summed E-state index contributed by atoms with van der Waals surface area (Å²) < 4.78 is 5.66. The summed E-state index contributed by atoms with van der Waals surface area (Å²) in [5.41, 5.74) is 3.47. The van der Waals surface area contributed by atoms with Crippen molar-refractivity contribution < 1.29 is 9.84 Å². The summed E-state index contributed by atoms with van der Waals surface area (Å²) in [4.78, 5) is 0. The first-order valence-corrected chi connectivity index (χ1v) is 6.49. The normalized spacial score (nSPS) is 26.1. The molecule has 1 heterocycles. The van der Waals surface area contributed by atoms with E-state index >= 15 is 0 Å². The molecule has 0 spiro atoms. The molecule has 1 aliphatic rings. The zero-order valence-corrected chi connectivity index (χ0v) is 10.9. The van der Waals surface area contributed by atoms with Gasteiger partial charge < -0.3 is 9.84 Å². The fourth-order valence-electron chi connectivity index (χ4n) is 2.87. The van der Waals surface area contributed by atoms with Crippen LogP contribution >= 0.6 is 0 Å². The van der Waals surface area contributed by atoms with Gasteiger partial charge in [0.15, 0.2) is 0 Å². The Morgan fingerprint density at radius 2 is 1.94 bits per heavy atom. The third kappa shape index (κ3) is 2.70. The summed E-state index contributed by atoms with van der Waals surface area (Å²) in [5.74, 6) is 0.251. The number of rotatable bonds is 3. The van der Waals surface area contributed by atoms with E-state index in [2.05, 4.69) is 39.0 Å². The Labute approximate surface area is 104 Å². The van der Waals surface area contributed by atoms with E-state index in [0.717, 1.165) is 25.0 Å². The van der Waals surface area contributed by atoms with Gasteiger partial charge in [-0.25, -0.2) is 0 Å². The van der Waals surface area contributed by atoms with Gasteiger partial charge in [-0.05, 0) is 32.3 Å². The smallest absolute Gasteiger partial charge is 0.0844 e. The van der Waals surface area contributed by atoms with Crippen LogP contribution in [0.3, 0.4) is 0 Å². The fraction of sp³-hybridized carbons (Fsp3) is 0.600. The molecular formula is C15H22O2. The number of ether oxygens (including phenoxy) is 1. The van der Waals surface area contributed by atoms with Gasteiger partial charge in [0.1, 0.15) is 0 Å². The molecule has 0 aliphatic carbocycles. The van der Waals surface area contributed by atoms with E-state index in [4.69, 9.17) is 4.74 Å². The quantitative estimate of drug-likeness (QED) is 0.870. The molecule has 3 unspecified atom stereocenters. The van der Waals surface area contributed by atoms with Crippen LogP contribution in [0.1, 0.15) is 42.6 Å². The van der Waals surface area contributed by atoms with Crippen LogP contribution in [-0.2, 0) is 4.74 Å². The summed E-state index contributed by atoms with van der Waals surface area (Å²) in [6, 6.07) is 6.31. The molecule has 94 valence electrons. The van der Waals surface area contributed by atoms with Crippen LogP contribution in [0.5, 0.6) is 0 Å². The van der Waals surface area contributed by atoms with E-state index < -0.39 is 0 Å². The molecule has 3 atom stereocenters. The van der Waals surface area contributed by atoms with Crippen molar-refractivity contribution in [3.63, 3.8) is 0 Å². The molecule has 1 aliphatic heterocycles. The largest absolute Gasteiger partial charge is 0.388 e. The average Bonchev–Trinajstić information content (AvgIpc) is 2.74. The van der Waals surface area contributed by atoms with Crippen molar-refractivity contribution in [3.05, 3.63) is 34.9 Å². The van der Waals surface area contributed by atoms with Crippen LogP contribution in [0.15, 0.2) is 18.2 Å². The number of aliphatic hydroxyl groups is 1. The van der Waals surface area contributed by atoms with Crippen molar-refractivity contribution >= 4 is 0 Å². The lowest BCUT2D eigenvalue weighted by Gasteiger charge is -2.23. The predicted molar refractivity (Wildman–Crippen MR) is 69.0 cm³/mol. The second-order valence-electron chi connectivity index (χ2n) is 5.14. The van der Waals surface area contributed by atoms with Gasteiger partial charge in [-0.15, -0.1) is 0 Å². The highest BCUT2D eigenvalue weighted by molar-refractivity contribution is 5.30. The Hall–Kier alpha value is -0.860. The van der Waals surface area contributed by atoms with Gasteiger partial charge in [-0.2, -0.15) is 0 Å². The van der Waals surface area contributed by atoms with Crippen molar-refractivity contribution in [2.75, 3.05) is 6.61 Å². The Morgan fingerprint density at radius 1 is 1.29 bits per heavy atom. The van der Waals surface area contributed by atoms with Crippen LogP contribution in [0.25, 0.3) is 0 Å². The van der Waals surface area contributed by atoms with Crippen LogP contribution in [0, 0.1) is 19.8 Å². The van der Waals surface area contributed by atoms with Gasteiger partial charge in [-0.3, -0.25) is 0 Å². The molecule has 2 heteroatoms. The van der Waals surface area contributed by atoms with Crippen LogP contribution in [0.4, 0.5) is 0 Å². The molecule has 17 heavy (non-hydrogen) atoms. The maximum Gasteiger partial charge on any atom is 0.0844 e. The van der Waals surface area contributed by atoms with Gasteiger partial charge >= 0.3 is 0 Å². The molecule has 1 saturated heterocycles. The zero-order valence-electron chi connectivity index (χ0n) is 10.9. The highest BCUT2D eigenvalue weighted by Crippen LogP contribution is 2.35. The first kappa shape index (κ1) is 12.6. The minimum atomic E-state index is -0.388. The Bertz CT molecular complexity index is 366. The van der Waals surface area contributed by atoms with Crippen LogP contribution in [0.2, 0.25) is 0 Å². The minimum Gasteiger partial charge on any atom is -0.388 e. The first-order chi connectivity index (χ1) is 8.11. The number of hydrogen-bond donors (Lipinski definition) is 1. The highest BCUT2D eigenvalue weighted by atomic mass is 16.5. The molecule has 1 aromatic carbocycles. The molecule has 1 aromatic rings. The van der Waals surface area contributed by atoms with E-state index in [0.29, 0.717) is 0 Å². The van der Waals surface area contributed by atoms with Gasteiger partial charge in [0.25, 0.3) is 0 Å². The van der Waals surface area contributed by atoms with Crippen molar-refractivity contribution in [2.45, 2.75) is 45.8 Å². The fourth-order valence-corrected chi connectivity index (χ4v) is 2.87. The molecule has 0 amide bonds. The van der Waals surface area contributed by atoms with E-state index in [1.807, 2.05) is 0 Å². The van der Waals surface area contributed by atoms with Crippen molar-refractivity contribution in [1.82, 2.24) is 0 Å². The second-order valence-corrected chi connectivity index (χ2v) is 5.14. The highest BCUT2D eigenvalue weighted by Gasteiger charge is 2.33. The SMILES string of the molecule is CCC1OCCC1C(O)c1cc(C)cc(C)c1. The van der Waals surface area contributed by atoms with E-state index in [-0.39, 0.29) is 18.1 Å². The molecule has 1 N–H and O–H groups in total. The molecule has 0 aromatic heterocycles. The lowest BCUT2D eigenvalue weighted by atomic mass is 9.88. The number of benzene rings is 1. The van der Waals surface area contributed by atoms with Crippen LogP contribution in [-0.4, -0.2) is 17.8 Å². The minimum absolute atomic E-state index is 0.214. The topological polar surface area (TPSA) is 29.5 Å². The zero-order chi connectivity index (χ0) is 12.4. The third-order valence-corrected chi connectivity index (χ3v) is 3.65. The molecular weight excluding hydrogens is 212 g/mol. The molecule has 0 saturated carbocycles. The standard InChI is InChI=1S/C15H22O2/c1-4-14-13(5-6-17-14)15(16)12-8-10(2)7-11(3)9-12/h7-9,13-16H,4-6H2,1-3H3.